The molecule has 26 heavy (non-hydrogen) atoms. The topological polar surface area (TPSA) is 52.7 Å². The zero-order valence-corrected chi connectivity index (χ0v) is 14.6. The average Bonchev–Trinajstić information content (AvgIpc) is 3.36. The number of piperazine rings is 1. The zero-order chi connectivity index (χ0) is 18.3. The number of carbonyl (C=O) groups excluding carboxylic acids is 2. The Kier molecular flexibility index (Phi) is 4.42. The van der Waals surface area contributed by atoms with E-state index in [2.05, 4.69) is 5.32 Å². The van der Waals surface area contributed by atoms with E-state index in [1.165, 1.54) is 6.07 Å². The standard InChI is InChI=1S/C19H23F2N3O2/c20-15-2-1-13(11-16(15)21)17(25)23-7-9-24(10-8-23)18(26)14-12-19(14)3-5-22-6-4-19/h1-2,11,14,22H,3-10,12H2. The van der Waals surface area contributed by atoms with Crippen LogP contribution < -0.4 is 5.32 Å². The molecular weight excluding hydrogens is 340 g/mol. The molecule has 5 nitrogen and oxygen atoms in total. The number of rotatable bonds is 2. The summed E-state index contributed by atoms with van der Waals surface area (Å²) < 4.78 is 26.4. The Hall–Kier alpha value is -2.02. The van der Waals surface area contributed by atoms with Gasteiger partial charge in [0, 0.05) is 37.7 Å². The first kappa shape index (κ1) is 17.4. The number of nitrogens with one attached hydrogen (secondary N) is 1. The maximum atomic E-state index is 13.3. The summed E-state index contributed by atoms with van der Waals surface area (Å²) in [5, 5.41) is 3.34. The van der Waals surface area contributed by atoms with E-state index in [1.807, 2.05) is 4.90 Å². The smallest absolute Gasteiger partial charge is 0.254 e. The first-order chi connectivity index (χ1) is 12.5. The van der Waals surface area contributed by atoms with E-state index in [-0.39, 0.29) is 28.7 Å². The van der Waals surface area contributed by atoms with Crippen LogP contribution in [0.4, 0.5) is 8.78 Å². The van der Waals surface area contributed by atoms with Gasteiger partial charge in [0.2, 0.25) is 5.91 Å². The van der Waals surface area contributed by atoms with Crippen molar-refractivity contribution in [2.75, 3.05) is 39.3 Å². The summed E-state index contributed by atoms with van der Waals surface area (Å²) in [4.78, 5) is 28.7. The van der Waals surface area contributed by atoms with Crippen LogP contribution in [0.1, 0.15) is 29.6 Å². The van der Waals surface area contributed by atoms with Crippen LogP contribution in [-0.2, 0) is 4.79 Å². The summed E-state index contributed by atoms with van der Waals surface area (Å²) in [5.41, 5.74) is 0.348. The van der Waals surface area contributed by atoms with E-state index in [1.54, 1.807) is 4.90 Å². The van der Waals surface area contributed by atoms with Crippen LogP contribution in [-0.4, -0.2) is 60.9 Å². The molecule has 1 N–H and O–H groups in total. The molecule has 1 saturated carbocycles. The first-order valence-electron chi connectivity index (χ1n) is 9.24. The number of carbonyl (C=O) groups is 2. The summed E-state index contributed by atoms with van der Waals surface area (Å²) in [6, 6.07) is 3.19. The normalized spacial score (nSPS) is 24.6. The molecule has 2 saturated heterocycles. The van der Waals surface area contributed by atoms with Crippen molar-refractivity contribution in [2.45, 2.75) is 19.3 Å². The molecule has 1 spiro atoms. The number of halogens is 2. The molecule has 1 aromatic carbocycles. The van der Waals surface area contributed by atoms with Crippen molar-refractivity contribution >= 4 is 11.8 Å². The lowest BCUT2D eigenvalue weighted by atomic mass is 9.91. The van der Waals surface area contributed by atoms with Crippen LogP contribution in [0.5, 0.6) is 0 Å². The third kappa shape index (κ3) is 3.09. The Labute approximate surface area is 151 Å². The summed E-state index contributed by atoms with van der Waals surface area (Å²) in [6.07, 6.45) is 3.12. The second-order valence-electron chi connectivity index (χ2n) is 7.62. The van der Waals surface area contributed by atoms with Crippen molar-refractivity contribution in [1.82, 2.24) is 15.1 Å². The van der Waals surface area contributed by atoms with Crippen molar-refractivity contribution < 1.29 is 18.4 Å². The van der Waals surface area contributed by atoms with Gasteiger partial charge in [0.1, 0.15) is 0 Å². The minimum atomic E-state index is -1.02. The van der Waals surface area contributed by atoms with Crippen LogP contribution in [0.2, 0.25) is 0 Å². The van der Waals surface area contributed by atoms with Crippen LogP contribution in [0.3, 0.4) is 0 Å². The number of piperidine rings is 1. The highest BCUT2D eigenvalue weighted by Gasteiger charge is 2.58. The lowest BCUT2D eigenvalue weighted by Crippen LogP contribution is -2.51. The highest BCUT2D eigenvalue weighted by Crippen LogP contribution is 2.59. The van der Waals surface area contributed by atoms with Gasteiger partial charge < -0.3 is 15.1 Å². The fraction of sp³-hybridized carbons (Fsp3) is 0.579. The highest BCUT2D eigenvalue weighted by molar-refractivity contribution is 5.94. The van der Waals surface area contributed by atoms with Gasteiger partial charge in [0.05, 0.1) is 0 Å². The molecule has 0 bridgehead atoms. The predicted octanol–water partition coefficient (Wildman–Crippen LogP) is 1.64. The van der Waals surface area contributed by atoms with Crippen molar-refractivity contribution in [3.8, 4) is 0 Å². The van der Waals surface area contributed by atoms with Gasteiger partial charge in [-0.1, -0.05) is 0 Å². The Morgan fingerprint density at radius 1 is 1.00 bits per heavy atom. The lowest BCUT2D eigenvalue weighted by Gasteiger charge is -2.35. The minimum absolute atomic E-state index is 0.137. The highest BCUT2D eigenvalue weighted by atomic mass is 19.2. The fourth-order valence-electron chi connectivity index (χ4n) is 4.34. The van der Waals surface area contributed by atoms with Gasteiger partial charge in [-0.05, 0) is 56.0 Å². The van der Waals surface area contributed by atoms with Gasteiger partial charge in [0.25, 0.3) is 5.91 Å². The predicted molar refractivity (Wildman–Crippen MR) is 91.5 cm³/mol. The van der Waals surface area contributed by atoms with Gasteiger partial charge in [0.15, 0.2) is 11.6 Å². The first-order valence-corrected chi connectivity index (χ1v) is 9.24. The van der Waals surface area contributed by atoms with E-state index in [9.17, 15) is 18.4 Å². The van der Waals surface area contributed by atoms with Crippen molar-refractivity contribution in [1.29, 1.82) is 0 Å². The van der Waals surface area contributed by atoms with E-state index in [4.69, 9.17) is 0 Å². The lowest BCUT2D eigenvalue weighted by molar-refractivity contribution is -0.135. The van der Waals surface area contributed by atoms with E-state index in [0.717, 1.165) is 44.5 Å². The zero-order valence-electron chi connectivity index (χ0n) is 14.6. The van der Waals surface area contributed by atoms with Gasteiger partial charge in [-0.25, -0.2) is 8.78 Å². The molecule has 2 heterocycles. The average molecular weight is 363 g/mol. The van der Waals surface area contributed by atoms with Crippen LogP contribution >= 0.6 is 0 Å². The Balaban J connectivity index is 1.33. The van der Waals surface area contributed by atoms with E-state index >= 15 is 0 Å². The molecule has 1 aromatic rings. The number of amides is 2. The number of hydrogen-bond acceptors (Lipinski definition) is 3. The molecule has 2 aliphatic heterocycles. The van der Waals surface area contributed by atoms with Crippen molar-refractivity contribution in [2.24, 2.45) is 11.3 Å². The summed E-state index contributed by atoms with van der Waals surface area (Å²) >= 11 is 0. The maximum absolute atomic E-state index is 13.3. The molecule has 2 amide bonds. The molecule has 1 aliphatic carbocycles. The number of nitrogens with zero attached hydrogens (tertiary/aromatic N) is 2. The van der Waals surface area contributed by atoms with Gasteiger partial charge >= 0.3 is 0 Å². The molecule has 0 radical (unpaired) electrons. The molecule has 4 rings (SSSR count). The third-order valence-electron chi connectivity index (χ3n) is 6.13. The number of benzene rings is 1. The molecule has 7 heteroatoms. The van der Waals surface area contributed by atoms with Crippen LogP contribution in [0, 0.1) is 23.0 Å². The molecule has 1 unspecified atom stereocenters. The van der Waals surface area contributed by atoms with Crippen LogP contribution in [0.15, 0.2) is 18.2 Å². The van der Waals surface area contributed by atoms with Crippen molar-refractivity contribution in [3.05, 3.63) is 35.4 Å². The van der Waals surface area contributed by atoms with E-state index in [0.29, 0.717) is 26.2 Å². The SMILES string of the molecule is O=C(c1ccc(F)c(F)c1)N1CCN(C(=O)C2CC23CCNCC3)CC1. The Morgan fingerprint density at radius 2 is 1.65 bits per heavy atom. The second-order valence-corrected chi connectivity index (χ2v) is 7.62. The van der Waals surface area contributed by atoms with Gasteiger partial charge in [-0.15, -0.1) is 0 Å². The van der Waals surface area contributed by atoms with E-state index < -0.39 is 11.6 Å². The fourth-order valence-corrected chi connectivity index (χ4v) is 4.34. The second kappa shape index (κ2) is 6.61. The monoisotopic (exact) mass is 363 g/mol. The quantitative estimate of drug-likeness (QED) is 0.869. The van der Waals surface area contributed by atoms with Crippen LogP contribution in [0.25, 0.3) is 0 Å². The van der Waals surface area contributed by atoms with Crippen molar-refractivity contribution in [3.63, 3.8) is 0 Å². The molecule has 3 aliphatic rings. The minimum Gasteiger partial charge on any atom is -0.339 e. The molecule has 1 atom stereocenters. The van der Waals surface area contributed by atoms with Gasteiger partial charge in [-0.3, -0.25) is 9.59 Å². The maximum Gasteiger partial charge on any atom is 0.254 e. The summed E-state index contributed by atoms with van der Waals surface area (Å²) in [5.74, 6) is -1.96. The molecule has 3 fully saturated rings. The summed E-state index contributed by atoms with van der Waals surface area (Å²) in [7, 11) is 0. The number of hydrogen-bond donors (Lipinski definition) is 1. The molecule has 0 aromatic heterocycles. The third-order valence-corrected chi connectivity index (χ3v) is 6.13. The molecular formula is C19H23F2N3O2. The Morgan fingerprint density at radius 3 is 2.31 bits per heavy atom. The molecule has 140 valence electrons. The van der Waals surface area contributed by atoms with Gasteiger partial charge in [-0.2, -0.15) is 0 Å². The Bertz CT molecular complexity index is 725. The largest absolute Gasteiger partial charge is 0.339 e. The summed E-state index contributed by atoms with van der Waals surface area (Å²) in [6.45, 7) is 3.81.